The van der Waals surface area contributed by atoms with Gasteiger partial charge in [-0.1, -0.05) is 24.3 Å². The Bertz CT molecular complexity index is 1190. The van der Waals surface area contributed by atoms with Gasteiger partial charge < -0.3 is 5.73 Å². The Hall–Kier alpha value is -2.83. The Kier molecular flexibility index (Phi) is 4.44. The van der Waals surface area contributed by atoms with Gasteiger partial charge in [0.2, 0.25) is 15.8 Å². The molecule has 29 heavy (non-hydrogen) atoms. The van der Waals surface area contributed by atoms with Gasteiger partial charge in [0, 0.05) is 6.04 Å². The molecular formula is C17H15F3N6O2S. The molecule has 1 aromatic heterocycles. The normalized spacial score (nSPS) is 16.8. The number of aromatic amines is 1. The molecule has 4 rings (SSSR count). The second-order valence-corrected chi connectivity index (χ2v) is 8.29. The van der Waals surface area contributed by atoms with E-state index in [4.69, 9.17) is 10.9 Å². The average molecular weight is 424 g/mol. The predicted octanol–water partition coefficient (Wildman–Crippen LogP) is 1.63. The molecule has 1 unspecified atom stereocenters. The first kappa shape index (κ1) is 19.5. The lowest BCUT2D eigenvalue weighted by atomic mass is 9.94. The molecule has 0 bridgehead atoms. The van der Waals surface area contributed by atoms with Gasteiger partial charge in [-0.3, -0.25) is 0 Å². The summed E-state index contributed by atoms with van der Waals surface area (Å²) in [4.78, 5) is -1.10. The van der Waals surface area contributed by atoms with Gasteiger partial charge in [-0.05, 0) is 46.4 Å². The van der Waals surface area contributed by atoms with Crippen molar-refractivity contribution >= 4 is 10.0 Å². The lowest BCUT2D eigenvalue weighted by Gasteiger charge is -2.18. The Morgan fingerprint density at radius 1 is 1.10 bits per heavy atom. The summed E-state index contributed by atoms with van der Waals surface area (Å²) in [6.07, 6.45) is -3.64. The lowest BCUT2D eigenvalue weighted by Crippen LogP contribution is -2.21. The van der Waals surface area contributed by atoms with Crippen molar-refractivity contribution in [3.8, 4) is 22.5 Å². The third kappa shape index (κ3) is 3.50. The maximum atomic E-state index is 13.6. The maximum Gasteiger partial charge on any atom is 0.417 e. The van der Waals surface area contributed by atoms with Gasteiger partial charge in [0.1, 0.15) is 4.90 Å². The number of hydrogen-bond acceptors (Lipinski definition) is 6. The van der Waals surface area contributed by atoms with Crippen molar-refractivity contribution in [1.29, 1.82) is 0 Å². The Labute approximate surface area is 163 Å². The molecular weight excluding hydrogens is 409 g/mol. The van der Waals surface area contributed by atoms with Crippen LogP contribution in [0.5, 0.6) is 0 Å². The Balaban J connectivity index is 2.05. The molecule has 12 heteroatoms. The summed E-state index contributed by atoms with van der Waals surface area (Å²) in [5, 5.41) is 18.1. The van der Waals surface area contributed by atoms with E-state index >= 15 is 0 Å². The molecule has 0 saturated heterocycles. The quantitative estimate of drug-likeness (QED) is 0.584. The summed E-state index contributed by atoms with van der Waals surface area (Å²) < 4.78 is 65.1. The predicted molar refractivity (Wildman–Crippen MR) is 96.8 cm³/mol. The van der Waals surface area contributed by atoms with E-state index in [-0.39, 0.29) is 23.0 Å². The molecule has 152 valence electrons. The van der Waals surface area contributed by atoms with Crippen molar-refractivity contribution < 1.29 is 21.6 Å². The van der Waals surface area contributed by atoms with E-state index in [0.29, 0.717) is 24.5 Å². The number of halogens is 3. The second-order valence-electron chi connectivity index (χ2n) is 6.79. The summed E-state index contributed by atoms with van der Waals surface area (Å²) in [5.41, 5.74) is 6.89. The van der Waals surface area contributed by atoms with E-state index in [1.54, 1.807) is 12.1 Å². The van der Waals surface area contributed by atoms with Crippen molar-refractivity contribution in [2.75, 3.05) is 0 Å². The SMILES string of the molecule is NC1Cc2ccc(-c3ccc(C(F)(F)F)c(S(N)(=O)=O)c3-c3nn[nH]n3)cc2C1. The van der Waals surface area contributed by atoms with Crippen molar-refractivity contribution in [3.63, 3.8) is 0 Å². The molecule has 1 aliphatic rings. The van der Waals surface area contributed by atoms with Crippen molar-refractivity contribution in [1.82, 2.24) is 20.6 Å². The van der Waals surface area contributed by atoms with Crippen LogP contribution in [0.25, 0.3) is 22.5 Å². The third-order valence-electron chi connectivity index (χ3n) is 4.80. The molecule has 3 aromatic rings. The molecule has 5 N–H and O–H groups in total. The molecule has 1 heterocycles. The minimum atomic E-state index is -4.95. The van der Waals surface area contributed by atoms with E-state index < -0.39 is 26.7 Å². The number of primary sulfonamides is 1. The number of nitrogens with one attached hydrogen (secondary N) is 1. The largest absolute Gasteiger partial charge is 0.417 e. The molecule has 0 spiro atoms. The van der Waals surface area contributed by atoms with Gasteiger partial charge in [-0.2, -0.15) is 18.4 Å². The highest BCUT2D eigenvalue weighted by Crippen LogP contribution is 2.43. The van der Waals surface area contributed by atoms with E-state index in [1.165, 1.54) is 6.07 Å². The molecule has 0 fully saturated rings. The fourth-order valence-corrected chi connectivity index (χ4v) is 4.63. The zero-order valence-corrected chi connectivity index (χ0v) is 15.5. The molecule has 0 amide bonds. The molecule has 0 radical (unpaired) electrons. The fourth-order valence-electron chi connectivity index (χ4n) is 3.65. The van der Waals surface area contributed by atoms with Gasteiger partial charge in [0.05, 0.1) is 11.1 Å². The summed E-state index contributed by atoms with van der Waals surface area (Å²) in [5.74, 6) is -0.313. The highest BCUT2D eigenvalue weighted by atomic mass is 32.2. The van der Waals surface area contributed by atoms with Gasteiger partial charge in [0.15, 0.2) is 0 Å². The average Bonchev–Trinajstić information content (AvgIpc) is 3.26. The first-order valence-corrected chi connectivity index (χ1v) is 9.99. The minimum Gasteiger partial charge on any atom is -0.327 e. The van der Waals surface area contributed by atoms with E-state index in [9.17, 15) is 21.6 Å². The molecule has 1 atom stereocenters. The van der Waals surface area contributed by atoms with Gasteiger partial charge in [0.25, 0.3) is 0 Å². The van der Waals surface area contributed by atoms with Crippen molar-refractivity contribution in [2.24, 2.45) is 10.9 Å². The van der Waals surface area contributed by atoms with E-state index in [0.717, 1.165) is 11.1 Å². The van der Waals surface area contributed by atoms with Gasteiger partial charge >= 0.3 is 6.18 Å². The zero-order valence-electron chi connectivity index (χ0n) is 14.7. The summed E-state index contributed by atoms with van der Waals surface area (Å²) in [6, 6.07) is 7.13. The fraction of sp³-hybridized carbons (Fsp3) is 0.235. The van der Waals surface area contributed by atoms with Gasteiger partial charge in [-0.15, -0.1) is 10.2 Å². The maximum absolute atomic E-state index is 13.6. The molecule has 2 aromatic carbocycles. The minimum absolute atomic E-state index is 0.0375. The van der Waals surface area contributed by atoms with Crippen LogP contribution in [0, 0.1) is 0 Å². The molecule has 8 nitrogen and oxygen atoms in total. The number of hydrogen-bond donors (Lipinski definition) is 3. The van der Waals surface area contributed by atoms with Crippen LogP contribution in [-0.2, 0) is 29.0 Å². The first-order chi connectivity index (χ1) is 13.6. The molecule has 0 saturated carbocycles. The number of nitrogens with two attached hydrogens (primary N) is 2. The Morgan fingerprint density at radius 2 is 1.83 bits per heavy atom. The number of alkyl halides is 3. The monoisotopic (exact) mass is 424 g/mol. The number of fused-ring (bicyclic) bond motifs is 1. The van der Waals surface area contributed by atoms with Crippen LogP contribution in [0.2, 0.25) is 0 Å². The number of rotatable bonds is 3. The van der Waals surface area contributed by atoms with Crippen molar-refractivity contribution in [2.45, 2.75) is 30.0 Å². The number of nitrogens with zero attached hydrogens (tertiary/aromatic N) is 3. The standard InChI is InChI=1S/C17H15F3N6O2S/c18-17(19,20)13-4-3-12(9-2-1-8-6-11(21)7-10(8)5-9)14(15(13)29(22,27)28)16-23-25-26-24-16/h1-5,11H,6-7,21H2,(H2,22,27,28)(H,23,24,25,26). The van der Waals surface area contributed by atoms with Crippen LogP contribution in [0.4, 0.5) is 13.2 Å². The highest BCUT2D eigenvalue weighted by Gasteiger charge is 2.40. The van der Waals surface area contributed by atoms with Crippen LogP contribution >= 0.6 is 0 Å². The van der Waals surface area contributed by atoms with Crippen LogP contribution in [-0.4, -0.2) is 35.1 Å². The number of benzene rings is 2. The summed E-state index contributed by atoms with van der Waals surface area (Å²) in [6.45, 7) is 0. The van der Waals surface area contributed by atoms with Crippen LogP contribution < -0.4 is 10.9 Å². The zero-order chi connectivity index (χ0) is 21.0. The van der Waals surface area contributed by atoms with Gasteiger partial charge in [-0.25, -0.2) is 13.6 Å². The molecule has 1 aliphatic carbocycles. The molecule has 0 aliphatic heterocycles. The summed E-state index contributed by atoms with van der Waals surface area (Å²) in [7, 11) is -4.79. The summed E-state index contributed by atoms with van der Waals surface area (Å²) >= 11 is 0. The van der Waals surface area contributed by atoms with Crippen molar-refractivity contribution in [3.05, 3.63) is 47.0 Å². The number of tetrazole rings is 1. The topological polar surface area (TPSA) is 141 Å². The Morgan fingerprint density at radius 3 is 2.45 bits per heavy atom. The third-order valence-corrected chi connectivity index (χ3v) is 5.79. The number of sulfonamides is 1. The van der Waals surface area contributed by atoms with E-state index in [2.05, 4.69) is 20.6 Å². The van der Waals surface area contributed by atoms with Crippen LogP contribution in [0.15, 0.2) is 35.2 Å². The smallest absolute Gasteiger partial charge is 0.327 e. The van der Waals surface area contributed by atoms with Crippen LogP contribution in [0.3, 0.4) is 0 Å². The first-order valence-electron chi connectivity index (χ1n) is 8.44. The number of H-pyrrole nitrogens is 1. The van der Waals surface area contributed by atoms with Crippen LogP contribution in [0.1, 0.15) is 16.7 Å². The highest BCUT2D eigenvalue weighted by molar-refractivity contribution is 7.89. The number of aromatic nitrogens is 4. The van der Waals surface area contributed by atoms with E-state index in [1.807, 2.05) is 6.07 Å². The second kappa shape index (κ2) is 6.61. The lowest BCUT2D eigenvalue weighted by molar-refractivity contribution is -0.139.